The lowest BCUT2D eigenvalue weighted by molar-refractivity contribution is 0.281. The summed E-state index contributed by atoms with van der Waals surface area (Å²) in [5.74, 6) is 2.76. The molecule has 7 nitrogen and oxygen atoms in total. The standard InChI is InChI=1S/C44H37N7/c1-28-16-10-11-22-33(28)40-45-27-38-42(46-40)50-36-24-14-13-23-34(36)35-26-29(2)32-21-12-15-25-37(32)51-44(39(35)43(50)48(38)3)49(31-19-8-5-9-20-31)41(47-51)30-17-6-4-7-18-30/h4-25,27,35,39,43-44H,2,26H2,1,3H3. The Balaban J connectivity index is 1.24. The fourth-order valence-corrected chi connectivity index (χ4v) is 8.89. The molecular formula is C44H37N7. The van der Waals surface area contributed by atoms with Gasteiger partial charge in [-0.15, -0.1) is 0 Å². The number of fused-ring (bicyclic) bond motifs is 12. The Bertz CT molecular complexity index is 2350. The monoisotopic (exact) mass is 663 g/mol. The summed E-state index contributed by atoms with van der Waals surface area (Å²) in [6.45, 7) is 6.87. The first-order valence-electron chi connectivity index (χ1n) is 17.7. The van der Waals surface area contributed by atoms with Crippen molar-refractivity contribution in [3.8, 4) is 11.4 Å². The number of allylic oxidation sites excluding steroid dienone is 1. The normalized spacial score (nSPS) is 21.5. The van der Waals surface area contributed by atoms with Crippen LogP contribution >= 0.6 is 0 Å². The molecule has 4 unspecified atom stereocenters. The van der Waals surface area contributed by atoms with E-state index in [2.05, 4.69) is 167 Å². The van der Waals surface area contributed by atoms with Crippen molar-refractivity contribution in [1.82, 2.24) is 9.97 Å². The molecule has 4 atom stereocenters. The molecule has 4 aliphatic rings. The van der Waals surface area contributed by atoms with Crippen LogP contribution in [-0.4, -0.2) is 35.2 Å². The number of hydrogen-bond acceptors (Lipinski definition) is 7. The molecule has 1 aromatic heterocycles. The number of anilines is 5. The van der Waals surface area contributed by atoms with E-state index in [-0.39, 0.29) is 24.2 Å². The topological polar surface area (TPSA) is 51.1 Å². The smallest absolute Gasteiger partial charge is 0.162 e. The zero-order chi connectivity index (χ0) is 34.2. The van der Waals surface area contributed by atoms with E-state index in [9.17, 15) is 0 Å². The van der Waals surface area contributed by atoms with Gasteiger partial charge in [0.2, 0.25) is 0 Å². The van der Waals surface area contributed by atoms with Crippen molar-refractivity contribution in [1.29, 1.82) is 0 Å². The van der Waals surface area contributed by atoms with E-state index < -0.39 is 0 Å². The number of hydrogen-bond donors (Lipinski definition) is 0. The van der Waals surface area contributed by atoms with Gasteiger partial charge >= 0.3 is 0 Å². The van der Waals surface area contributed by atoms with Gasteiger partial charge in [-0.05, 0) is 54.3 Å². The van der Waals surface area contributed by atoms with Crippen LogP contribution in [0.15, 0.2) is 151 Å². The molecule has 0 bridgehead atoms. The van der Waals surface area contributed by atoms with Crippen LogP contribution < -0.4 is 19.7 Å². The third-order valence-corrected chi connectivity index (χ3v) is 11.2. The van der Waals surface area contributed by atoms with Crippen LogP contribution in [0, 0.1) is 12.8 Å². The van der Waals surface area contributed by atoms with Gasteiger partial charge in [-0.1, -0.05) is 116 Å². The minimum absolute atomic E-state index is 0.0243. The molecule has 7 heteroatoms. The van der Waals surface area contributed by atoms with Gasteiger partial charge in [0.05, 0.1) is 11.9 Å². The summed E-state index contributed by atoms with van der Waals surface area (Å²) in [4.78, 5) is 17.7. The van der Waals surface area contributed by atoms with Crippen molar-refractivity contribution < 1.29 is 0 Å². The molecule has 6 aromatic rings. The van der Waals surface area contributed by atoms with Crippen LogP contribution in [0.25, 0.3) is 17.0 Å². The second-order valence-electron chi connectivity index (χ2n) is 13.9. The van der Waals surface area contributed by atoms with Crippen molar-refractivity contribution in [2.75, 3.05) is 26.8 Å². The van der Waals surface area contributed by atoms with Crippen LogP contribution in [-0.2, 0) is 0 Å². The summed E-state index contributed by atoms with van der Waals surface area (Å²) >= 11 is 0. The van der Waals surface area contributed by atoms with E-state index in [1.807, 2.05) is 6.20 Å². The molecule has 0 spiro atoms. The lowest BCUT2D eigenvalue weighted by Crippen LogP contribution is -2.61. The molecule has 0 amide bonds. The van der Waals surface area contributed by atoms with E-state index in [4.69, 9.17) is 21.6 Å². The highest BCUT2D eigenvalue weighted by Crippen LogP contribution is 2.58. The van der Waals surface area contributed by atoms with Crippen molar-refractivity contribution in [3.05, 3.63) is 168 Å². The Morgan fingerprint density at radius 1 is 0.667 bits per heavy atom. The Morgan fingerprint density at radius 2 is 1.33 bits per heavy atom. The maximum atomic E-state index is 5.58. The van der Waals surface area contributed by atoms with Gasteiger partial charge in [0.1, 0.15) is 18.0 Å². The van der Waals surface area contributed by atoms with Crippen molar-refractivity contribution in [2.45, 2.75) is 31.6 Å². The maximum Gasteiger partial charge on any atom is 0.162 e. The molecule has 5 aromatic carbocycles. The van der Waals surface area contributed by atoms with E-state index >= 15 is 0 Å². The van der Waals surface area contributed by atoms with Crippen LogP contribution in [0.1, 0.15) is 34.6 Å². The fourth-order valence-electron chi connectivity index (χ4n) is 8.89. The minimum Gasteiger partial charge on any atom is -0.349 e. The van der Waals surface area contributed by atoms with Crippen LogP contribution in [0.4, 0.5) is 28.6 Å². The van der Waals surface area contributed by atoms with Gasteiger partial charge in [0.25, 0.3) is 0 Å². The third kappa shape index (κ3) is 4.40. The van der Waals surface area contributed by atoms with Crippen LogP contribution in [0.5, 0.6) is 0 Å². The molecule has 0 saturated heterocycles. The molecule has 0 N–H and O–H groups in total. The first-order valence-corrected chi connectivity index (χ1v) is 17.7. The molecule has 51 heavy (non-hydrogen) atoms. The number of para-hydroxylation sites is 3. The summed E-state index contributed by atoms with van der Waals surface area (Å²) in [5.41, 5.74) is 11.2. The van der Waals surface area contributed by atoms with Gasteiger partial charge in [0.15, 0.2) is 17.5 Å². The zero-order valence-electron chi connectivity index (χ0n) is 28.6. The second-order valence-corrected chi connectivity index (χ2v) is 13.9. The molecule has 10 rings (SSSR count). The van der Waals surface area contributed by atoms with Crippen LogP contribution in [0.2, 0.25) is 0 Å². The van der Waals surface area contributed by atoms with E-state index in [0.29, 0.717) is 0 Å². The third-order valence-electron chi connectivity index (χ3n) is 11.2. The number of benzene rings is 5. The zero-order valence-corrected chi connectivity index (χ0v) is 28.6. The van der Waals surface area contributed by atoms with Gasteiger partial charge in [0, 0.05) is 46.9 Å². The highest BCUT2D eigenvalue weighted by atomic mass is 15.6. The molecular weight excluding hydrogens is 627 g/mol. The van der Waals surface area contributed by atoms with Gasteiger partial charge in [-0.3, -0.25) is 0 Å². The molecule has 0 saturated carbocycles. The van der Waals surface area contributed by atoms with Crippen LogP contribution in [0.3, 0.4) is 0 Å². The summed E-state index contributed by atoms with van der Waals surface area (Å²) in [6, 6.07) is 47.3. The predicted octanol–water partition coefficient (Wildman–Crippen LogP) is 9.21. The fraction of sp³-hybridized carbons (Fsp3) is 0.159. The molecule has 4 aliphatic heterocycles. The summed E-state index contributed by atoms with van der Waals surface area (Å²) in [5, 5.41) is 7.88. The number of aryl methyl sites for hydroxylation is 1. The van der Waals surface area contributed by atoms with Crippen molar-refractivity contribution >= 4 is 40.0 Å². The predicted molar refractivity (Wildman–Crippen MR) is 207 cm³/mol. The Labute approximate surface area is 298 Å². The molecule has 0 radical (unpaired) electrons. The minimum atomic E-state index is -0.178. The number of aromatic nitrogens is 2. The molecule has 0 fully saturated rings. The molecule has 248 valence electrons. The summed E-state index contributed by atoms with van der Waals surface area (Å²) in [6.07, 6.45) is 2.58. The lowest BCUT2D eigenvalue weighted by atomic mass is 9.72. The first kappa shape index (κ1) is 29.7. The second kappa shape index (κ2) is 11.4. The highest BCUT2D eigenvalue weighted by molar-refractivity contribution is 6.13. The van der Waals surface area contributed by atoms with E-state index in [1.54, 1.807) is 0 Å². The quantitative estimate of drug-likeness (QED) is 0.188. The Kier molecular flexibility index (Phi) is 6.65. The largest absolute Gasteiger partial charge is 0.349 e. The first-order chi connectivity index (χ1) is 25.1. The average Bonchev–Trinajstić information content (AvgIpc) is 3.71. The van der Waals surface area contributed by atoms with Gasteiger partial charge in [-0.2, -0.15) is 5.10 Å². The van der Waals surface area contributed by atoms with E-state index in [0.717, 1.165) is 68.8 Å². The molecule has 0 aliphatic carbocycles. The van der Waals surface area contributed by atoms with Gasteiger partial charge in [-0.25, -0.2) is 15.0 Å². The highest BCUT2D eigenvalue weighted by Gasteiger charge is 2.57. The molecule has 5 heterocycles. The number of nitrogens with zero attached hydrogens (tertiary/aromatic N) is 7. The average molecular weight is 664 g/mol. The lowest BCUT2D eigenvalue weighted by Gasteiger charge is -2.52. The summed E-state index contributed by atoms with van der Waals surface area (Å²) in [7, 11) is 2.21. The van der Waals surface area contributed by atoms with Crippen molar-refractivity contribution in [3.63, 3.8) is 0 Å². The Hall–Kier alpha value is -6.21. The number of amidine groups is 1. The van der Waals surface area contributed by atoms with Gasteiger partial charge < -0.3 is 14.7 Å². The SMILES string of the molecule is C=C1CC2c3ccccc3N3c4nc(-c5ccccc5C)ncc4N(C)C3C2C2N(N=C(c3ccccc3)N2c2ccccc2)c2ccccc21. The van der Waals surface area contributed by atoms with E-state index in [1.165, 1.54) is 11.3 Å². The Morgan fingerprint density at radius 3 is 2.12 bits per heavy atom. The van der Waals surface area contributed by atoms with Crippen molar-refractivity contribution in [2.24, 2.45) is 11.0 Å². The number of rotatable bonds is 3. The summed E-state index contributed by atoms with van der Waals surface area (Å²) < 4.78 is 0. The number of hydrazone groups is 1. The maximum absolute atomic E-state index is 5.58.